The summed E-state index contributed by atoms with van der Waals surface area (Å²) in [5.41, 5.74) is 0. The van der Waals surface area contributed by atoms with Crippen molar-refractivity contribution in [3.05, 3.63) is 18.2 Å². The van der Waals surface area contributed by atoms with Gasteiger partial charge in [-0.1, -0.05) is 0 Å². The van der Waals surface area contributed by atoms with Gasteiger partial charge in [-0.05, 0) is 6.92 Å². The first kappa shape index (κ1) is 10.1. The maximum atomic E-state index is 11.8. The zero-order chi connectivity index (χ0) is 9.68. The Kier molecular flexibility index (Phi) is 3.82. The van der Waals surface area contributed by atoms with Crippen molar-refractivity contribution < 1.29 is 8.78 Å². The van der Waals surface area contributed by atoms with E-state index in [9.17, 15) is 8.78 Å². The van der Waals surface area contributed by atoms with Crippen LogP contribution in [0.3, 0.4) is 0 Å². The van der Waals surface area contributed by atoms with Gasteiger partial charge < -0.3 is 9.88 Å². The Morgan fingerprint density at radius 2 is 2.38 bits per heavy atom. The lowest BCUT2D eigenvalue weighted by Crippen LogP contribution is -2.22. The molecule has 5 heteroatoms. The van der Waals surface area contributed by atoms with Crippen molar-refractivity contribution in [2.45, 2.75) is 26.4 Å². The molecule has 0 aliphatic heterocycles. The topological polar surface area (TPSA) is 29.9 Å². The lowest BCUT2D eigenvalue weighted by Gasteiger charge is -2.05. The molecule has 0 bridgehead atoms. The first-order chi connectivity index (χ1) is 6.24. The number of alkyl halides is 2. The minimum absolute atomic E-state index is 0.281. The van der Waals surface area contributed by atoms with Crippen molar-refractivity contribution in [2.24, 2.45) is 0 Å². The molecule has 0 aliphatic carbocycles. The van der Waals surface area contributed by atoms with Crippen molar-refractivity contribution in [1.82, 2.24) is 14.9 Å². The Hall–Kier alpha value is -0.970. The van der Waals surface area contributed by atoms with Gasteiger partial charge in [-0.25, -0.2) is 13.8 Å². The summed E-state index contributed by atoms with van der Waals surface area (Å²) < 4.78 is 25.4. The summed E-state index contributed by atoms with van der Waals surface area (Å²) in [5.74, 6) is 0.795. The molecule has 0 spiro atoms. The van der Waals surface area contributed by atoms with Crippen LogP contribution < -0.4 is 5.32 Å². The molecule has 0 radical (unpaired) electrons. The van der Waals surface area contributed by atoms with Gasteiger partial charge in [0.2, 0.25) is 0 Å². The van der Waals surface area contributed by atoms with Gasteiger partial charge in [-0.15, -0.1) is 0 Å². The highest BCUT2D eigenvalue weighted by molar-refractivity contribution is 4.91. The fraction of sp³-hybridized carbons (Fsp3) is 0.625. The summed E-state index contributed by atoms with van der Waals surface area (Å²) >= 11 is 0. The van der Waals surface area contributed by atoms with Crippen molar-refractivity contribution >= 4 is 0 Å². The first-order valence-corrected chi connectivity index (χ1v) is 4.23. The molecule has 1 rings (SSSR count). The molecule has 1 aromatic rings. The number of rotatable bonds is 5. The molecule has 74 valence electrons. The van der Waals surface area contributed by atoms with Crippen LogP contribution >= 0.6 is 0 Å². The van der Waals surface area contributed by atoms with Crippen molar-refractivity contribution in [1.29, 1.82) is 0 Å². The van der Waals surface area contributed by atoms with Gasteiger partial charge in [0.1, 0.15) is 5.82 Å². The highest BCUT2D eigenvalue weighted by Gasteiger charge is 2.03. The quantitative estimate of drug-likeness (QED) is 0.755. The zero-order valence-corrected chi connectivity index (χ0v) is 7.50. The Balaban J connectivity index is 2.36. The van der Waals surface area contributed by atoms with E-state index in [4.69, 9.17) is 0 Å². The second kappa shape index (κ2) is 4.91. The number of aryl methyl sites for hydroxylation is 1. The maximum Gasteiger partial charge on any atom is 0.250 e. The fourth-order valence-corrected chi connectivity index (χ4v) is 1.09. The number of imidazole rings is 1. The van der Waals surface area contributed by atoms with E-state index >= 15 is 0 Å². The fourth-order valence-electron chi connectivity index (χ4n) is 1.09. The third-order valence-electron chi connectivity index (χ3n) is 1.72. The highest BCUT2D eigenvalue weighted by atomic mass is 19.3. The van der Waals surface area contributed by atoms with Crippen molar-refractivity contribution in [3.8, 4) is 0 Å². The van der Waals surface area contributed by atoms with Crippen LogP contribution in [0.2, 0.25) is 0 Å². The third kappa shape index (κ3) is 3.10. The van der Waals surface area contributed by atoms with Gasteiger partial charge in [-0.3, -0.25) is 0 Å². The van der Waals surface area contributed by atoms with E-state index in [0.29, 0.717) is 6.54 Å². The average Bonchev–Trinajstić information content (AvgIpc) is 2.51. The molecule has 0 aromatic carbocycles. The summed E-state index contributed by atoms with van der Waals surface area (Å²) in [4.78, 5) is 4.04. The van der Waals surface area contributed by atoms with Crippen LogP contribution in [0.15, 0.2) is 12.4 Å². The number of nitrogens with one attached hydrogen (secondary N) is 1. The minimum atomic E-state index is -2.30. The van der Waals surface area contributed by atoms with Gasteiger partial charge in [0.15, 0.2) is 0 Å². The highest BCUT2D eigenvalue weighted by Crippen LogP contribution is 1.97. The number of nitrogens with zero attached hydrogens (tertiary/aromatic N) is 2. The molecule has 0 amide bonds. The Morgan fingerprint density at radius 3 is 3.00 bits per heavy atom. The van der Waals surface area contributed by atoms with E-state index in [1.54, 1.807) is 6.20 Å². The van der Waals surface area contributed by atoms with Crippen LogP contribution in [-0.2, 0) is 13.1 Å². The SMILES string of the molecule is CCn1ccnc1CNCC(F)F. The van der Waals surface area contributed by atoms with E-state index < -0.39 is 6.43 Å². The summed E-state index contributed by atoms with van der Waals surface area (Å²) in [6, 6.07) is 0. The average molecular weight is 189 g/mol. The molecule has 1 heterocycles. The lowest BCUT2D eigenvalue weighted by atomic mass is 10.5. The minimum Gasteiger partial charge on any atom is -0.334 e. The van der Waals surface area contributed by atoms with Gasteiger partial charge in [0.25, 0.3) is 6.43 Å². The van der Waals surface area contributed by atoms with Gasteiger partial charge in [0.05, 0.1) is 13.1 Å². The molecule has 13 heavy (non-hydrogen) atoms. The predicted octanol–water partition coefficient (Wildman–Crippen LogP) is 1.26. The third-order valence-corrected chi connectivity index (χ3v) is 1.72. The molecule has 0 atom stereocenters. The Morgan fingerprint density at radius 1 is 1.62 bits per heavy atom. The summed E-state index contributed by atoms with van der Waals surface area (Å²) in [6.07, 6.45) is 1.20. The van der Waals surface area contributed by atoms with Gasteiger partial charge in [-0.2, -0.15) is 0 Å². The Labute approximate surface area is 75.8 Å². The first-order valence-electron chi connectivity index (χ1n) is 4.23. The predicted molar refractivity (Wildman–Crippen MR) is 45.6 cm³/mol. The van der Waals surface area contributed by atoms with E-state index in [2.05, 4.69) is 10.3 Å². The lowest BCUT2D eigenvalue weighted by molar-refractivity contribution is 0.145. The molecule has 0 fully saturated rings. The van der Waals surface area contributed by atoms with Gasteiger partial charge in [0, 0.05) is 18.9 Å². The number of halogens is 2. The Bertz CT molecular complexity index is 247. The zero-order valence-electron chi connectivity index (χ0n) is 7.50. The molecule has 0 saturated carbocycles. The molecule has 1 N–H and O–H groups in total. The summed E-state index contributed by atoms with van der Waals surface area (Å²) in [5, 5.41) is 2.63. The van der Waals surface area contributed by atoms with Gasteiger partial charge >= 0.3 is 0 Å². The van der Waals surface area contributed by atoms with Crippen LogP contribution in [0.5, 0.6) is 0 Å². The van der Waals surface area contributed by atoms with E-state index in [1.807, 2.05) is 17.7 Å². The molecular weight excluding hydrogens is 176 g/mol. The molecule has 0 unspecified atom stereocenters. The maximum absolute atomic E-state index is 11.8. The summed E-state index contributed by atoms with van der Waals surface area (Å²) in [7, 11) is 0. The van der Waals surface area contributed by atoms with Crippen LogP contribution in [-0.4, -0.2) is 22.5 Å². The van der Waals surface area contributed by atoms with E-state index in [-0.39, 0.29) is 6.54 Å². The van der Waals surface area contributed by atoms with Crippen molar-refractivity contribution in [3.63, 3.8) is 0 Å². The molecular formula is C8H13F2N3. The smallest absolute Gasteiger partial charge is 0.250 e. The second-order valence-electron chi connectivity index (χ2n) is 2.65. The van der Waals surface area contributed by atoms with Crippen LogP contribution in [0, 0.1) is 0 Å². The number of hydrogen-bond donors (Lipinski definition) is 1. The van der Waals surface area contributed by atoms with Crippen LogP contribution in [0.1, 0.15) is 12.7 Å². The van der Waals surface area contributed by atoms with Crippen LogP contribution in [0.4, 0.5) is 8.78 Å². The number of aromatic nitrogens is 2. The molecule has 1 aromatic heterocycles. The van der Waals surface area contributed by atoms with E-state index in [0.717, 1.165) is 12.4 Å². The number of hydrogen-bond acceptors (Lipinski definition) is 2. The largest absolute Gasteiger partial charge is 0.334 e. The van der Waals surface area contributed by atoms with E-state index in [1.165, 1.54) is 0 Å². The monoisotopic (exact) mass is 189 g/mol. The standard InChI is InChI=1S/C8H13F2N3/c1-2-13-4-3-12-8(13)6-11-5-7(9)10/h3-4,7,11H,2,5-6H2,1H3. The van der Waals surface area contributed by atoms with Crippen molar-refractivity contribution in [2.75, 3.05) is 6.54 Å². The molecule has 0 saturated heterocycles. The molecule has 0 aliphatic rings. The second-order valence-corrected chi connectivity index (χ2v) is 2.65. The van der Waals surface area contributed by atoms with Crippen LogP contribution in [0.25, 0.3) is 0 Å². The molecule has 3 nitrogen and oxygen atoms in total. The summed E-state index contributed by atoms with van der Waals surface area (Å²) in [6.45, 7) is 2.91. The normalized spacial score (nSPS) is 11.1.